The predicted octanol–water partition coefficient (Wildman–Crippen LogP) is 0.405. The molecule has 0 spiro atoms. The minimum absolute atomic E-state index is 0.0382. The van der Waals surface area contributed by atoms with Gasteiger partial charge in [-0.3, -0.25) is 9.88 Å². The number of nitrogens with zero attached hydrogens (tertiary/aromatic N) is 2. The highest BCUT2D eigenvalue weighted by Crippen LogP contribution is 2.27. The summed E-state index contributed by atoms with van der Waals surface area (Å²) in [5.74, 6) is 0. The van der Waals surface area contributed by atoms with Crippen LogP contribution in [0.1, 0.15) is 18.4 Å². The van der Waals surface area contributed by atoms with Crippen LogP contribution in [0, 0.1) is 0 Å². The molecular weight excluding hydrogens is 302 g/mol. The van der Waals surface area contributed by atoms with Crippen LogP contribution in [0.25, 0.3) is 0 Å². The zero-order valence-electron chi connectivity index (χ0n) is 12.8. The van der Waals surface area contributed by atoms with Gasteiger partial charge >= 0.3 is 0 Å². The van der Waals surface area contributed by atoms with Crippen LogP contribution in [0.2, 0.25) is 0 Å². The van der Waals surface area contributed by atoms with Gasteiger partial charge in [-0.05, 0) is 37.0 Å². The largest absolute Gasteiger partial charge is 0.380 e. The topological polar surface area (TPSA) is 71.5 Å². The van der Waals surface area contributed by atoms with Crippen molar-refractivity contribution in [1.29, 1.82) is 0 Å². The molecule has 122 valence electrons. The number of sulfonamides is 1. The normalized spacial score (nSPS) is 30.0. The van der Waals surface area contributed by atoms with Crippen LogP contribution in [0.15, 0.2) is 24.5 Å². The maximum Gasteiger partial charge on any atom is 0.209 e. The van der Waals surface area contributed by atoms with E-state index in [9.17, 15) is 8.42 Å². The van der Waals surface area contributed by atoms with Crippen molar-refractivity contribution in [2.24, 2.45) is 0 Å². The molecule has 0 bridgehead atoms. The molecule has 0 aliphatic carbocycles. The summed E-state index contributed by atoms with van der Waals surface area (Å²) in [6, 6.07) is 4.53. The van der Waals surface area contributed by atoms with Gasteiger partial charge in [-0.1, -0.05) is 0 Å². The minimum Gasteiger partial charge on any atom is -0.380 e. The molecule has 2 aliphatic rings. The lowest BCUT2D eigenvalue weighted by Gasteiger charge is -2.32. The molecule has 2 saturated heterocycles. The molecule has 0 amide bonds. The third kappa shape index (κ3) is 3.84. The highest BCUT2D eigenvalue weighted by atomic mass is 32.2. The van der Waals surface area contributed by atoms with Gasteiger partial charge in [0.25, 0.3) is 0 Å². The van der Waals surface area contributed by atoms with Crippen LogP contribution in [0.4, 0.5) is 0 Å². The second-order valence-corrected chi connectivity index (χ2v) is 7.95. The first-order chi connectivity index (χ1) is 10.5. The Kier molecular flexibility index (Phi) is 4.77. The summed E-state index contributed by atoms with van der Waals surface area (Å²) < 4.78 is 31.6. The fourth-order valence-corrected chi connectivity index (χ4v) is 4.37. The van der Waals surface area contributed by atoms with Crippen molar-refractivity contribution in [3.05, 3.63) is 30.1 Å². The lowest BCUT2D eigenvalue weighted by Crippen LogP contribution is -2.49. The first kappa shape index (κ1) is 15.9. The lowest BCUT2D eigenvalue weighted by atomic mass is 10.0. The molecule has 0 saturated carbocycles. The summed E-state index contributed by atoms with van der Waals surface area (Å²) >= 11 is 0. The zero-order valence-corrected chi connectivity index (χ0v) is 13.6. The Bertz CT molecular complexity index is 587. The van der Waals surface area contributed by atoms with Gasteiger partial charge in [-0.25, -0.2) is 13.1 Å². The SMILES string of the molecule is CS(=O)(=O)N[C@@H]1CCN([C@@H]2CCOC2)[C@H]1Cc1ccncc1. The molecule has 7 heteroatoms. The van der Waals surface area contributed by atoms with Crippen molar-refractivity contribution in [2.75, 3.05) is 26.0 Å². The van der Waals surface area contributed by atoms with E-state index in [1.165, 1.54) is 11.8 Å². The van der Waals surface area contributed by atoms with E-state index < -0.39 is 10.0 Å². The third-order valence-corrected chi connectivity index (χ3v) is 5.25. The Balaban J connectivity index is 1.78. The van der Waals surface area contributed by atoms with Gasteiger partial charge in [0.2, 0.25) is 10.0 Å². The average molecular weight is 325 g/mol. The Labute approximate surface area is 131 Å². The zero-order chi connectivity index (χ0) is 15.6. The van der Waals surface area contributed by atoms with Crippen molar-refractivity contribution in [2.45, 2.75) is 37.4 Å². The fourth-order valence-electron chi connectivity index (χ4n) is 3.55. The Hall–Kier alpha value is -1.02. The van der Waals surface area contributed by atoms with Gasteiger partial charge < -0.3 is 4.74 Å². The molecule has 3 atom stereocenters. The van der Waals surface area contributed by atoms with Gasteiger partial charge in [0, 0.05) is 43.7 Å². The molecule has 3 heterocycles. The number of aromatic nitrogens is 1. The Morgan fingerprint density at radius 2 is 2.14 bits per heavy atom. The molecule has 1 N–H and O–H groups in total. The highest BCUT2D eigenvalue weighted by Gasteiger charge is 2.40. The minimum atomic E-state index is -3.20. The lowest BCUT2D eigenvalue weighted by molar-refractivity contribution is 0.131. The van der Waals surface area contributed by atoms with E-state index in [0.29, 0.717) is 6.04 Å². The van der Waals surface area contributed by atoms with Crippen molar-refractivity contribution in [3.8, 4) is 0 Å². The van der Waals surface area contributed by atoms with E-state index in [0.717, 1.165) is 39.0 Å². The second kappa shape index (κ2) is 6.62. The number of pyridine rings is 1. The van der Waals surface area contributed by atoms with Crippen LogP contribution in [-0.4, -0.2) is 62.4 Å². The molecule has 3 rings (SSSR count). The van der Waals surface area contributed by atoms with E-state index in [2.05, 4.69) is 14.6 Å². The third-order valence-electron chi connectivity index (χ3n) is 4.52. The molecule has 22 heavy (non-hydrogen) atoms. The maximum atomic E-state index is 11.6. The summed E-state index contributed by atoms with van der Waals surface area (Å²) in [6.45, 7) is 2.46. The first-order valence-corrected chi connectivity index (χ1v) is 9.62. The number of likely N-dealkylation sites (tertiary alicyclic amines) is 1. The molecule has 0 aromatic carbocycles. The molecule has 1 aromatic heterocycles. The van der Waals surface area contributed by atoms with E-state index in [-0.39, 0.29) is 12.1 Å². The smallest absolute Gasteiger partial charge is 0.209 e. The average Bonchev–Trinajstić information content (AvgIpc) is 3.09. The number of rotatable bonds is 5. The number of hydrogen-bond donors (Lipinski definition) is 1. The molecule has 0 unspecified atom stereocenters. The molecule has 0 radical (unpaired) electrons. The van der Waals surface area contributed by atoms with E-state index >= 15 is 0 Å². The quantitative estimate of drug-likeness (QED) is 0.849. The highest BCUT2D eigenvalue weighted by molar-refractivity contribution is 7.88. The van der Waals surface area contributed by atoms with Crippen molar-refractivity contribution in [3.63, 3.8) is 0 Å². The van der Waals surface area contributed by atoms with Gasteiger partial charge in [0.1, 0.15) is 0 Å². The van der Waals surface area contributed by atoms with Gasteiger partial charge in [0.15, 0.2) is 0 Å². The van der Waals surface area contributed by atoms with E-state index in [1.54, 1.807) is 12.4 Å². The van der Waals surface area contributed by atoms with Gasteiger partial charge in [0.05, 0.1) is 12.9 Å². The molecule has 2 aliphatic heterocycles. The van der Waals surface area contributed by atoms with Crippen LogP contribution < -0.4 is 4.72 Å². The summed E-state index contributed by atoms with van der Waals surface area (Å²) in [4.78, 5) is 6.48. The maximum absolute atomic E-state index is 11.6. The van der Waals surface area contributed by atoms with E-state index in [1.807, 2.05) is 12.1 Å². The number of nitrogens with one attached hydrogen (secondary N) is 1. The monoisotopic (exact) mass is 325 g/mol. The first-order valence-electron chi connectivity index (χ1n) is 7.72. The molecular formula is C15H23N3O3S. The number of ether oxygens (including phenoxy) is 1. The standard InChI is InChI=1S/C15H23N3O3S/c1-22(19,20)17-14-4-8-18(13-5-9-21-11-13)15(14)10-12-2-6-16-7-3-12/h2-3,6-7,13-15,17H,4-5,8-11H2,1H3/t13-,14-,15+/m1/s1. The van der Waals surface area contributed by atoms with Crippen LogP contribution in [-0.2, 0) is 21.2 Å². The van der Waals surface area contributed by atoms with Crippen molar-refractivity contribution >= 4 is 10.0 Å². The van der Waals surface area contributed by atoms with Gasteiger partial charge in [-0.2, -0.15) is 0 Å². The fraction of sp³-hybridized carbons (Fsp3) is 0.667. The molecule has 1 aromatic rings. The Morgan fingerprint density at radius 3 is 2.77 bits per heavy atom. The number of hydrogen-bond acceptors (Lipinski definition) is 5. The van der Waals surface area contributed by atoms with Crippen LogP contribution in [0.3, 0.4) is 0 Å². The van der Waals surface area contributed by atoms with Gasteiger partial charge in [-0.15, -0.1) is 0 Å². The van der Waals surface area contributed by atoms with Crippen LogP contribution in [0.5, 0.6) is 0 Å². The van der Waals surface area contributed by atoms with Crippen LogP contribution >= 0.6 is 0 Å². The summed E-state index contributed by atoms with van der Waals surface area (Å²) in [5.41, 5.74) is 1.19. The van der Waals surface area contributed by atoms with Crippen molar-refractivity contribution in [1.82, 2.24) is 14.6 Å². The molecule has 2 fully saturated rings. The second-order valence-electron chi connectivity index (χ2n) is 6.17. The van der Waals surface area contributed by atoms with Crippen molar-refractivity contribution < 1.29 is 13.2 Å². The molecule has 6 nitrogen and oxygen atoms in total. The van der Waals surface area contributed by atoms with E-state index in [4.69, 9.17) is 4.74 Å². The summed E-state index contributed by atoms with van der Waals surface area (Å²) in [7, 11) is -3.20. The summed E-state index contributed by atoms with van der Waals surface area (Å²) in [5, 5.41) is 0. The Morgan fingerprint density at radius 1 is 1.36 bits per heavy atom. The predicted molar refractivity (Wildman–Crippen MR) is 84.0 cm³/mol. The summed E-state index contributed by atoms with van der Waals surface area (Å²) in [6.07, 6.45) is 7.50.